The van der Waals surface area contributed by atoms with Crippen molar-refractivity contribution in [3.8, 4) is 11.3 Å². The third-order valence-electron chi connectivity index (χ3n) is 4.98. The van der Waals surface area contributed by atoms with Crippen LogP contribution in [0.2, 0.25) is 0 Å². The summed E-state index contributed by atoms with van der Waals surface area (Å²) in [6.45, 7) is 8.00. The summed E-state index contributed by atoms with van der Waals surface area (Å²) in [6, 6.07) is 9.12. The quantitative estimate of drug-likeness (QED) is 0.640. The number of piperazine rings is 1. The van der Waals surface area contributed by atoms with Crippen molar-refractivity contribution in [3.05, 3.63) is 64.5 Å². The molecule has 0 spiro atoms. The van der Waals surface area contributed by atoms with E-state index in [1.54, 1.807) is 29.2 Å². The van der Waals surface area contributed by atoms with Crippen molar-refractivity contribution in [2.45, 2.75) is 20.0 Å². The van der Waals surface area contributed by atoms with Crippen LogP contribution in [0.15, 0.2) is 52.0 Å². The van der Waals surface area contributed by atoms with Gasteiger partial charge in [-0.1, -0.05) is 5.16 Å². The van der Waals surface area contributed by atoms with Crippen LogP contribution in [-0.2, 0) is 13.1 Å². The SMILES string of the molecule is Cc1cc(CN2CCN(CCn3nc(-c4cccnc4)ccc3=O)CC2)no1. The van der Waals surface area contributed by atoms with E-state index in [0.29, 0.717) is 6.54 Å². The molecule has 146 valence electrons. The molecule has 0 bridgehead atoms. The first-order valence-corrected chi connectivity index (χ1v) is 9.53. The molecule has 28 heavy (non-hydrogen) atoms. The second-order valence-electron chi connectivity index (χ2n) is 7.07. The van der Waals surface area contributed by atoms with Crippen LogP contribution in [-0.4, -0.2) is 62.4 Å². The number of rotatable bonds is 6. The zero-order valence-electron chi connectivity index (χ0n) is 16.0. The molecule has 0 N–H and O–H groups in total. The average Bonchev–Trinajstić information content (AvgIpc) is 3.14. The van der Waals surface area contributed by atoms with E-state index in [0.717, 1.165) is 62.0 Å². The first kappa shape index (κ1) is 18.5. The second-order valence-corrected chi connectivity index (χ2v) is 7.07. The van der Waals surface area contributed by atoms with Crippen LogP contribution >= 0.6 is 0 Å². The fourth-order valence-corrected chi connectivity index (χ4v) is 3.41. The van der Waals surface area contributed by atoms with E-state index in [1.807, 2.05) is 25.1 Å². The normalized spacial score (nSPS) is 15.8. The molecule has 1 aliphatic heterocycles. The van der Waals surface area contributed by atoms with Crippen LogP contribution in [0.5, 0.6) is 0 Å². The van der Waals surface area contributed by atoms with Gasteiger partial charge in [0.25, 0.3) is 5.56 Å². The van der Waals surface area contributed by atoms with E-state index < -0.39 is 0 Å². The van der Waals surface area contributed by atoms with Crippen molar-refractivity contribution < 1.29 is 4.52 Å². The molecule has 0 radical (unpaired) electrons. The molecule has 0 aromatic carbocycles. The summed E-state index contributed by atoms with van der Waals surface area (Å²) >= 11 is 0. The molecule has 4 heterocycles. The van der Waals surface area contributed by atoms with Crippen molar-refractivity contribution in [2.75, 3.05) is 32.7 Å². The molecule has 0 aliphatic carbocycles. The van der Waals surface area contributed by atoms with Crippen LogP contribution < -0.4 is 5.56 Å². The highest BCUT2D eigenvalue weighted by Crippen LogP contribution is 2.13. The Bertz CT molecular complexity index is 960. The number of hydrogen-bond acceptors (Lipinski definition) is 7. The van der Waals surface area contributed by atoms with Crippen molar-refractivity contribution >= 4 is 0 Å². The minimum atomic E-state index is -0.0762. The number of aryl methyl sites for hydroxylation is 1. The Morgan fingerprint density at radius 2 is 1.89 bits per heavy atom. The molecule has 0 saturated carbocycles. The van der Waals surface area contributed by atoms with Crippen molar-refractivity contribution in [1.82, 2.24) is 29.7 Å². The molecule has 1 saturated heterocycles. The molecule has 0 atom stereocenters. The highest BCUT2D eigenvalue weighted by molar-refractivity contribution is 5.56. The summed E-state index contributed by atoms with van der Waals surface area (Å²) in [7, 11) is 0. The van der Waals surface area contributed by atoms with E-state index in [2.05, 4.69) is 25.0 Å². The van der Waals surface area contributed by atoms with E-state index in [4.69, 9.17) is 4.52 Å². The van der Waals surface area contributed by atoms with Crippen molar-refractivity contribution in [1.29, 1.82) is 0 Å². The number of aromatic nitrogens is 4. The average molecular weight is 380 g/mol. The fraction of sp³-hybridized carbons (Fsp3) is 0.400. The molecule has 8 nitrogen and oxygen atoms in total. The molecule has 3 aromatic rings. The molecular formula is C20H24N6O2. The summed E-state index contributed by atoms with van der Waals surface area (Å²) in [5.41, 5.74) is 2.58. The van der Waals surface area contributed by atoms with E-state index in [-0.39, 0.29) is 5.56 Å². The van der Waals surface area contributed by atoms with Crippen LogP contribution in [0.3, 0.4) is 0 Å². The summed E-state index contributed by atoms with van der Waals surface area (Å²) in [5, 5.41) is 8.58. The molecule has 3 aromatic heterocycles. The van der Waals surface area contributed by atoms with Crippen molar-refractivity contribution in [2.24, 2.45) is 0 Å². The molecule has 1 fully saturated rings. The maximum absolute atomic E-state index is 12.2. The minimum absolute atomic E-state index is 0.0762. The van der Waals surface area contributed by atoms with E-state index in [9.17, 15) is 4.79 Å². The van der Waals surface area contributed by atoms with Gasteiger partial charge in [0.15, 0.2) is 0 Å². The summed E-state index contributed by atoms with van der Waals surface area (Å²) < 4.78 is 6.69. The second kappa shape index (κ2) is 8.45. The topological polar surface area (TPSA) is 80.3 Å². The van der Waals surface area contributed by atoms with Gasteiger partial charge in [0.05, 0.1) is 17.9 Å². The molecule has 4 rings (SSSR count). The molecular weight excluding hydrogens is 356 g/mol. The lowest BCUT2D eigenvalue weighted by molar-refractivity contribution is 0.120. The van der Waals surface area contributed by atoms with E-state index in [1.165, 1.54) is 0 Å². The van der Waals surface area contributed by atoms with Gasteiger partial charge in [0.2, 0.25) is 0 Å². The fourth-order valence-electron chi connectivity index (χ4n) is 3.41. The lowest BCUT2D eigenvalue weighted by Crippen LogP contribution is -2.47. The van der Waals surface area contributed by atoms with Gasteiger partial charge in [0, 0.05) is 69.4 Å². The van der Waals surface area contributed by atoms with Gasteiger partial charge in [-0.25, -0.2) is 4.68 Å². The van der Waals surface area contributed by atoms with Crippen molar-refractivity contribution in [3.63, 3.8) is 0 Å². The third kappa shape index (κ3) is 4.52. The smallest absolute Gasteiger partial charge is 0.266 e. The minimum Gasteiger partial charge on any atom is -0.361 e. The Morgan fingerprint density at radius 1 is 1.07 bits per heavy atom. The van der Waals surface area contributed by atoms with Gasteiger partial charge in [-0.15, -0.1) is 0 Å². The van der Waals surface area contributed by atoms with Crippen LogP contribution in [0, 0.1) is 6.92 Å². The van der Waals surface area contributed by atoms with E-state index >= 15 is 0 Å². The van der Waals surface area contributed by atoms with Crippen LogP contribution in [0.1, 0.15) is 11.5 Å². The van der Waals surface area contributed by atoms with Crippen LogP contribution in [0.25, 0.3) is 11.3 Å². The largest absolute Gasteiger partial charge is 0.361 e. The monoisotopic (exact) mass is 380 g/mol. The van der Waals surface area contributed by atoms with Gasteiger partial charge in [-0.2, -0.15) is 5.10 Å². The predicted molar refractivity (Wildman–Crippen MR) is 105 cm³/mol. The molecule has 0 unspecified atom stereocenters. The number of nitrogens with zero attached hydrogens (tertiary/aromatic N) is 6. The Hall–Kier alpha value is -2.84. The summed E-state index contributed by atoms with van der Waals surface area (Å²) in [6.07, 6.45) is 3.48. The Kier molecular flexibility index (Phi) is 5.59. The zero-order chi connectivity index (χ0) is 19.3. The van der Waals surface area contributed by atoms with Crippen LogP contribution in [0.4, 0.5) is 0 Å². The lowest BCUT2D eigenvalue weighted by atomic mass is 10.2. The van der Waals surface area contributed by atoms with Gasteiger partial charge in [-0.3, -0.25) is 19.6 Å². The maximum atomic E-state index is 12.2. The Morgan fingerprint density at radius 3 is 2.61 bits per heavy atom. The van der Waals surface area contributed by atoms with Gasteiger partial charge in [0.1, 0.15) is 5.76 Å². The summed E-state index contributed by atoms with van der Waals surface area (Å²) in [5.74, 6) is 0.847. The maximum Gasteiger partial charge on any atom is 0.266 e. The van der Waals surface area contributed by atoms with Gasteiger partial charge < -0.3 is 4.52 Å². The highest BCUT2D eigenvalue weighted by atomic mass is 16.5. The first-order valence-electron chi connectivity index (χ1n) is 9.53. The first-order chi connectivity index (χ1) is 13.7. The standard InChI is InChI=1S/C20H24N6O2/c1-16-13-18(23-28-16)15-25-9-7-24(8-10-25)11-12-26-20(27)5-4-19(22-26)17-3-2-6-21-14-17/h2-6,13-14H,7-12,15H2,1H3. The predicted octanol–water partition coefficient (Wildman–Crippen LogP) is 1.42. The van der Waals surface area contributed by atoms with Gasteiger partial charge in [-0.05, 0) is 25.1 Å². The summed E-state index contributed by atoms with van der Waals surface area (Å²) in [4.78, 5) is 21.0. The molecule has 1 aliphatic rings. The molecule has 0 amide bonds. The zero-order valence-corrected chi connectivity index (χ0v) is 16.0. The lowest BCUT2D eigenvalue weighted by Gasteiger charge is -2.34. The third-order valence-corrected chi connectivity index (χ3v) is 4.98. The molecule has 8 heteroatoms. The highest BCUT2D eigenvalue weighted by Gasteiger charge is 2.18. The Labute approximate surface area is 163 Å². The number of pyridine rings is 1. The van der Waals surface area contributed by atoms with Gasteiger partial charge >= 0.3 is 0 Å². The Balaban J connectivity index is 1.31. The number of hydrogen-bond donors (Lipinski definition) is 0.